The van der Waals surface area contributed by atoms with Crippen LogP contribution >= 0.6 is 0 Å². The zero-order chi connectivity index (χ0) is 29.0. The highest BCUT2D eigenvalue weighted by Gasteiger charge is 2.79. The first-order chi connectivity index (χ1) is 18.6. The lowest BCUT2D eigenvalue weighted by atomic mass is 9.65. The number of ether oxygens (including phenoxy) is 2. The summed E-state index contributed by atoms with van der Waals surface area (Å²) in [6.07, 6.45) is 8.77. The maximum atomic E-state index is 14.5. The second kappa shape index (κ2) is 13.0. The van der Waals surface area contributed by atoms with Gasteiger partial charge in [-0.05, 0) is 57.8 Å². The summed E-state index contributed by atoms with van der Waals surface area (Å²) in [5.41, 5.74) is -1.98. The highest BCUT2D eigenvalue weighted by molar-refractivity contribution is 5.99. The molecule has 2 bridgehead atoms. The molecule has 8 nitrogen and oxygen atoms in total. The van der Waals surface area contributed by atoms with E-state index in [9.17, 15) is 19.5 Å². The van der Waals surface area contributed by atoms with Crippen LogP contribution in [0.25, 0.3) is 0 Å². The molecule has 3 heterocycles. The van der Waals surface area contributed by atoms with Crippen molar-refractivity contribution in [3.8, 4) is 0 Å². The van der Waals surface area contributed by atoms with Crippen molar-refractivity contribution in [2.24, 2.45) is 17.8 Å². The van der Waals surface area contributed by atoms with Gasteiger partial charge in [-0.15, -0.1) is 13.2 Å². The number of fused-ring (bicyclic) bond motifs is 1. The number of aliphatic hydroxyl groups excluding tert-OH is 1. The lowest BCUT2D eigenvalue weighted by Crippen LogP contribution is -2.60. The molecule has 1 spiro atoms. The smallest absolute Gasteiger partial charge is 0.312 e. The van der Waals surface area contributed by atoms with Crippen LogP contribution in [0.2, 0.25) is 0 Å². The maximum Gasteiger partial charge on any atom is 0.312 e. The number of esters is 1. The van der Waals surface area contributed by atoms with Gasteiger partial charge >= 0.3 is 5.97 Å². The van der Waals surface area contributed by atoms with Crippen LogP contribution in [0.5, 0.6) is 0 Å². The summed E-state index contributed by atoms with van der Waals surface area (Å²) in [5.74, 6) is -2.32. The zero-order valence-electron chi connectivity index (χ0n) is 24.7. The van der Waals surface area contributed by atoms with Crippen LogP contribution in [0.4, 0.5) is 0 Å². The Bertz CT molecular complexity index is 921. The fraction of sp³-hybridized carbons (Fsp3) is 0.774. The summed E-state index contributed by atoms with van der Waals surface area (Å²) in [6.45, 7) is 18.1. The summed E-state index contributed by atoms with van der Waals surface area (Å²) in [7, 11) is 0. The van der Waals surface area contributed by atoms with Gasteiger partial charge in [0.2, 0.25) is 11.8 Å². The fourth-order valence-corrected chi connectivity index (χ4v) is 7.35. The van der Waals surface area contributed by atoms with E-state index < -0.39 is 41.1 Å². The van der Waals surface area contributed by atoms with Gasteiger partial charge in [-0.1, -0.05) is 46.3 Å². The summed E-state index contributed by atoms with van der Waals surface area (Å²) in [5, 5.41) is 10.5. The van der Waals surface area contributed by atoms with Crippen LogP contribution in [-0.4, -0.2) is 81.8 Å². The van der Waals surface area contributed by atoms with Crippen molar-refractivity contribution < 1.29 is 29.0 Å². The Kier molecular flexibility index (Phi) is 10.4. The molecule has 3 unspecified atom stereocenters. The van der Waals surface area contributed by atoms with Gasteiger partial charge in [-0.2, -0.15) is 0 Å². The van der Waals surface area contributed by atoms with E-state index in [1.165, 1.54) is 0 Å². The molecule has 0 aromatic carbocycles. The third-order valence-corrected chi connectivity index (χ3v) is 9.10. The highest BCUT2D eigenvalue weighted by atomic mass is 16.6. The van der Waals surface area contributed by atoms with Crippen molar-refractivity contribution in [1.82, 2.24) is 9.80 Å². The number of allylic oxidation sites excluding steroid dienone is 1. The Morgan fingerprint density at radius 2 is 1.95 bits per heavy atom. The van der Waals surface area contributed by atoms with Gasteiger partial charge in [0.15, 0.2) is 0 Å². The summed E-state index contributed by atoms with van der Waals surface area (Å²) >= 11 is 0. The van der Waals surface area contributed by atoms with E-state index in [4.69, 9.17) is 9.47 Å². The molecule has 0 aromatic heterocycles. The average molecular weight is 547 g/mol. The monoisotopic (exact) mass is 546 g/mol. The number of aliphatic hydroxyl groups is 1. The SMILES string of the molecule is C=CCCCOC(=O)[C@H]1[C@H]2C(=O)N([C@@H](CO)CC(C)C)C(C(=O)N(CC=C)C(C)CCC)C23CC[C@]1(CC)O3. The van der Waals surface area contributed by atoms with E-state index in [-0.39, 0.29) is 37.0 Å². The Hall–Kier alpha value is -2.19. The molecule has 0 radical (unpaired) electrons. The number of nitrogens with zero attached hydrogens (tertiary/aromatic N) is 2. The average Bonchev–Trinajstić information content (AvgIpc) is 3.51. The van der Waals surface area contributed by atoms with Crippen molar-refractivity contribution in [2.75, 3.05) is 19.8 Å². The van der Waals surface area contributed by atoms with Crippen molar-refractivity contribution in [1.29, 1.82) is 0 Å². The third kappa shape index (κ3) is 5.56. The van der Waals surface area contributed by atoms with Crippen molar-refractivity contribution in [3.63, 3.8) is 0 Å². The van der Waals surface area contributed by atoms with Gasteiger partial charge < -0.3 is 24.4 Å². The first-order valence-corrected chi connectivity index (χ1v) is 14.9. The van der Waals surface area contributed by atoms with Crippen LogP contribution in [0.15, 0.2) is 25.3 Å². The second-order valence-corrected chi connectivity index (χ2v) is 12.1. The molecule has 3 saturated heterocycles. The van der Waals surface area contributed by atoms with Crippen molar-refractivity contribution in [3.05, 3.63) is 25.3 Å². The van der Waals surface area contributed by atoms with Crippen LogP contribution < -0.4 is 0 Å². The molecule has 7 atom stereocenters. The number of likely N-dealkylation sites (tertiary alicyclic amines) is 1. The molecule has 3 rings (SSSR count). The van der Waals surface area contributed by atoms with Crippen LogP contribution in [0.3, 0.4) is 0 Å². The standard InChI is InChI=1S/C31H50N2O6/c1-8-12-13-18-38-29(37)25-24-27(35)33(23(20-34)19-21(5)6)26(31(24)16-15-30(25,11-4)39-31)28(36)32(17-10-3)22(7)14-9-2/h8,10,21-26,34H,1,3,9,11-20H2,2,4-7H3/t22?,23-,24+,25-,26?,30+,31?/m1/s1. The number of hydrogen-bond donors (Lipinski definition) is 1. The molecule has 0 aliphatic carbocycles. The molecule has 3 aliphatic heterocycles. The van der Waals surface area contributed by atoms with Crippen molar-refractivity contribution >= 4 is 17.8 Å². The largest absolute Gasteiger partial charge is 0.465 e. The van der Waals surface area contributed by atoms with E-state index in [0.29, 0.717) is 38.6 Å². The quantitative estimate of drug-likeness (QED) is 0.177. The minimum atomic E-state index is -1.13. The van der Waals surface area contributed by atoms with Crippen LogP contribution in [-0.2, 0) is 23.9 Å². The molecular weight excluding hydrogens is 496 g/mol. The molecular formula is C31H50N2O6. The molecule has 1 N–H and O–H groups in total. The molecule has 0 saturated carbocycles. The summed E-state index contributed by atoms with van der Waals surface area (Å²) in [6, 6.07) is -1.53. The lowest BCUT2D eigenvalue weighted by Gasteiger charge is -2.41. The maximum absolute atomic E-state index is 14.5. The molecule has 39 heavy (non-hydrogen) atoms. The molecule has 2 amide bonds. The van der Waals surface area contributed by atoms with Gasteiger partial charge in [0.1, 0.15) is 17.6 Å². The van der Waals surface area contributed by atoms with Crippen LogP contribution in [0.1, 0.15) is 86.0 Å². The number of hydrogen-bond acceptors (Lipinski definition) is 6. The molecule has 3 aliphatic rings. The van der Waals surface area contributed by atoms with Crippen LogP contribution in [0, 0.1) is 17.8 Å². The predicted octanol–water partition coefficient (Wildman–Crippen LogP) is 4.26. The third-order valence-electron chi connectivity index (χ3n) is 9.10. The molecule has 0 aromatic rings. The predicted molar refractivity (Wildman–Crippen MR) is 151 cm³/mol. The topological polar surface area (TPSA) is 96.4 Å². The molecule has 220 valence electrons. The van der Waals surface area contributed by atoms with E-state index in [2.05, 4.69) is 20.1 Å². The van der Waals surface area contributed by atoms with Crippen molar-refractivity contribution in [2.45, 2.75) is 115 Å². The Morgan fingerprint density at radius 3 is 2.51 bits per heavy atom. The normalized spacial score (nSPS) is 30.8. The van der Waals surface area contributed by atoms with E-state index in [1.807, 2.05) is 27.7 Å². The van der Waals surface area contributed by atoms with Gasteiger partial charge in [-0.25, -0.2) is 0 Å². The van der Waals surface area contributed by atoms with Gasteiger partial charge in [0.05, 0.1) is 30.8 Å². The molecule has 3 fully saturated rings. The summed E-state index contributed by atoms with van der Waals surface area (Å²) in [4.78, 5) is 46.0. The van der Waals surface area contributed by atoms with E-state index >= 15 is 0 Å². The first kappa shape index (κ1) is 31.3. The number of rotatable bonds is 16. The van der Waals surface area contributed by atoms with E-state index in [1.54, 1.807) is 22.0 Å². The van der Waals surface area contributed by atoms with E-state index in [0.717, 1.165) is 19.3 Å². The van der Waals surface area contributed by atoms with Gasteiger partial charge in [0.25, 0.3) is 0 Å². The lowest BCUT2D eigenvalue weighted by molar-refractivity contribution is -0.164. The van der Waals surface area contributed by atoms with Gasteiger partial charge in [0, 0.05) is 12.6 Å². The number of unbranched alkanes of at least 4 members (excludes halogenated alkanes) is 1. The first-order valence-electron chi connectivity index (χ1n) is 14.9. The number of amides is 2. The Balaban J connectivity index is 2.11. The summed E-state index contributed by atoms with van der Waals surface area (Å²) < 4.78 is 12.6. The second-order valence-electron chi connectivity index (χ2n) is 12.1. The Labute approximate surface area is 234 Å². The minimum Gasteiger partial charge on any atom is -0.465 e. The number of carbonyl (C=O) groups excluding carboxylic acids is 3. The minimum absolute atomic E-state index is 0.0602. The fourth-order valence-electron chi connectivity index (χ4n) is 7.35. The number of carbonyl (C=O) groups is 3. The zero-order valence-corrected chi connectivity index (χ0v) is 24.7. The molecule has 8 heteroatoms. The van der Waals surface area contributed by atoms with Gasteiger partial charge in [-0.3, -0.25) is 14.4 Å². The highest BCUT2D eigenvalue weighted by Crippen LogP contribution is 2.65. The Morgan fingerprint density at radius 1 is 1.23 bits per heavy atom.